The summed E-state index contributed by atoms with van der Waals surface area (Å²) in [4.78, 5) is 0. The smallest absolute Gasteiger partial charge is 0.0462 e. The van der Waals surface area contributed by atoms with Crippen molar-refractivity contribution in [3.8, 4) is 12.3 Å². The summed E-state index contributed by atoms with van der Waals surface area (Å²) in [6.45, 7) is 21.4. The molecule has 0 saturated heterocycles. The molecule has 1 aliphatic carbocycles. The van der Waals surface area contributed by atoms with Gasteiger partial charge >= 0.3 is 0 Å². The van der Waals surface area contributed by atoms with Gasteiger partial charge < -0.3 is 10.6 Å². The van der Waals surface area contributed by atoms with E-state index in [1.165, 1.54) is 19.3 Å². The summed E-state index contributed by atoms with van der Waals surface area (Å²) in [5, 5.41) is 7.33. The minimum atomic E-state index is 0.251. The Hall–Kier alpha value is -1.88. The predicted octanol–water partition coefficient (Wildman–Crippen LogP) is 5.86. The number of nitrogens with one attached hydrogen (secondary N) is 2. The van der Waals surface area contributed by atoms with Gasteiger partial charge in [-0.2, -0.15) is 0 Å². The number of hydrogen-bond acceptors (Lipinski definition) is 2. The van der Waals surface area contributed by atoms with E-state index in [4.69, 9.17) is 6.42 Å². The maximum Gasteiger partial charge on any atom is 0.0462 e. The zero-order chi connectivity index (χ0) is 19.9. The van der Waals surface area contributed by atoms with Gasteiger partial charge in [-0.05, 0) is 57.1 Å². The minimum absolute atomic E-state index is 0.251. The van der Waals surface area contributed by atoms with Crippen LogP contribution in [-0.2, 0) is 0 Å². The Morgan fingerprint density at radius 2 is 1.62 bits per heavy atom. The number of hydrogen-bond donors (Lipinski definition) is 2. The molecule has 2 nitrogen and oxygen atoms in total. The van der Waals surface area contributed by atoms with Crippen molar-refractivity contribution in [2.45, 2.75) is 85.7 Å². The Morgan fingerprint density at radius 3 is 2.08 bits per heavy atom. The topological polar surface area (TPSA) is 24.1 Å². The van der Waals surface area contributed by atoms with Crippen molar-refractivity contribution in [3.63, 3.8) is 0 Å². The highest BCUT2D eigenvalue weighted by atomic mass is 15.0. The van der Waals surface area contributed by atoms with Crippen LogP contribution >= 0.6 is 0 Å². The molecule has 2 atom stereocenters. The number of rotatable bonds is 7. The summed E-state index contributed by atoms with van der Waals surface area (Å²) in [5.41, 5.74) is 5.52. The van der Waals surface area contributed by atoms with E-state index in [1.807, 2.05) is 13.8 Å². The first kappa shape index (κ1) is 22.2. The summed E-state index contributed by atoms with van der Waals surface area (Å²) in [6.07, 6.45) is 13.5. The van der Waals surface area contributed by atoms with Crippen LogP contribution in [-0.4, -0.2) is 12.1 Å². The Bertz CT molecular complexity index is 616. The maximum atomic E-state index is 5.61. The van der Waals surface area contributed by atoms with Gasteiger partial charge in [-0.1, -0.05) is 58.3 Å². The monoisotopic (exact) mass is 354 g/mol. The van der Waals surface area contributed by atoms with Crippen LogP contribution in [0.4, 0.5) is 0 Å². The lowest BCUT2D eigenvalue weighted by Gasteiger charge is -2.36. The molecule has 0 radical (unpaired) electrons. The molecule has 0 aliphatic heterocycles. The summed E-state index contributed by atoms with van der Waals surface area (Å²) in [7, 11) is 0. The molecule has 1 rings (SSSR count). The van der Waals surface area contributed by atoms with Gasteiger partial charge in [-0.3, -0.25) is 0 Å². The quantitative estimate of drug-likeness (QED) is 0.442. The van der Waals surface area contributed by atoms with Gasteiger partial charge in [0.1, 0.15) is 0 Å². The van der Waals surface area contributed by atoms with E-state index in [0.717, 1.165) is 41.0 Å². The SMILES string of the molecule is C#CC(/C=C(/C)C(=C)NC1CCCCC1NC(=C)CC(C)(C)C)=C(C)C. The maximum absolute atomic E-state index is 5.61. The third-order valence-corrected chi connectivity index (χ3v) is 4.79. The van der Waals surface area contributed by atoms with E-state index in [0.29, 0.717) is 12.1 Å². The zero-order valence-corrected chi connectivity index (χ0v) is 17.8. The molecule has 0 aromatic heterocycles. The standard InChI is InChI=1S/C24H38N2/c1-10-21(17(2)3)15-18(4)20(6)26-23-14-12-11-13-22(23)25-19(5)16-24(7,8)9/h1,15,22-23,25-26H,5-6,11-14,16H2,2-4,7-9H3/b18-15-. The molecule has 0 heterocycles. The van der Waals surface area contributed by atoms with Crippen molar-refractivity contribution in [1.82, 2.24) is 10.6 Å². The minimum Gasteiger partial charge on any atom is -0.384 e. The highest BCUT2D eigenvalue weighted by Gasteiger charge is 2.26. The van der Waals surface area contributed by atoms with Crippen molar-refractivity contribution in [2.75, 3.05) is 0 Å². The molecular formula is C24H38N2. The molecule has 0 amide bonds. The van der Waals surface area contributed by atoms with Crippen molar-refractivity contribution in [1.29, 1.82) is 0 Å². The van der Waals surface area contributed by atoms with Gasteiger partial charge in [0, 0.05) is 29.1 Å². The molecule has 2 unspecified atom stereocenters. The van der Waals surface area contributed by atoms with E-state index in [-0.39, 0.29) is 5.41 Å². The van der Waals surface area contributed by atoms with Gasteiger partial charge in [-0.25, -0.2) is 0 Å². The Kier molecular flexibility index (Phi) is 8.28. The molecular weight excluding hydrogens is 316 g/mol. The van der Waals surface area contributed by atoms with Crippen LogP contribution in [0.5, 0.6) is 0 Å². The lowest BCUT2D eigenvalue weighted by Crippen LogP contribution is -2.49. The van der Waals surface area contributed by atoms with Crippen LogP contribution < -0.4 is 10.6 Å². The molecule has 0 spiro atoms. The van der Waals surface area contributed by atoms with Crippen LogP contribution in [0, 0.1) is 17.8 Å². The molecule has 0 aromatic rings. The Labute approximate surface area is 161 Å². The number of terminal acetylenes is 1. The zero-order valence-electron chi connectivity index (χ0n) is 17.8. The first-order valence-corrected chi connectivity index (χ1v) is 9.76. The largest absolute Gasteiger partial charge is 0.384 e. The van der Waals surface area contributed by atoms with Gasteiger partial charge in [0.25, 0.3) is 0 Å². The van der Waals surface area contributed by atoms with E-state index < -0.39 is 0 Å². The summed E-state index contributed by atoms with van der Waals surface area (Å²) < 4.78 is 0. The first-order chi connectivity index (χ1) is 12.0. The third kappa shape index (κ3) is 7.56. The average molecular weight is 355 g/mol. The van der Waals surface area contributed by atoms with E-state index in [1.54, 1.807) is 0 Å². The molecule has 1 aliphatic rings. The van der Waals surface area contributed by atoms with E-state index >= 15 is 0 Å². The molecule has 0 bridgehead atoms. The molecule has 1 fully saturated rings. The van der Waals surface area contributed by atoms with Crippen LogP contribution in [0.2, 0.25) is 0 Å². The van der Waals surface area contributed by atoms with Crippen molar-refractivity contribution < 1.29 is 0 Å². The second-order valence-electron chi connectivity index (χ2n) is 8.99. The number of allylic oxidation sites excluding steroid dienone is 5. The van der Waals surface area contributed by atoms with Gasteiger partial charge in [0.15, 0.2) is 0 Å². The second-order valence-corrected chi connectivity index (χ2v) is 8.99. The van der Waals surface area contributed by atoms with Crippen molar-refractivity contribution >= 4 is 0 Å². The fraction of sp³-hybridized carbons (Fsp3) is 0.583. The van der Waals surface area contributed by atoms with Crippen LogP contribution in [0.25, 0.3) is 0 Å². The van der Waals surface area contributed by atoms with Crippen molar-refractivity contribution in [2.24, 2.45) is 5.41 Å². The predicted molar refractivity (Wildman–Crippen MR) is 116 cm³/mol. The summed E-state index contributed by atoms with van der Waals surface area (Å²) in [6, 6.07) is 0.774. The molecule has 144 valence electrons. The van der Waals surface area contributed by atoms with Crippen molar-refractivity contribution in [3.05, 3.63) is 47.3 Å². The Balaban J connectivity index is 2.77. The van der Waals surface area contributed by atoms with Crippen LogP contribution in [0.15, 0.2) is 47.3 Å². The summed E-state index contributed by atoms with van der Waals surface area (Å²) >= 11 is 0. The molecule has 0 aromatic carbocycles. The summed E-state index contributed by atoms with van der Waals surface area (Å²) in [5.74, 6) is 2.76. The van der Waals surface area contributed by atoms with Crippen LogP contribution in [0.1, 0.15) is 73.6 Å². The molecule has 1 saturated carbocycles. The second kappa shape index (κ2) is 9.72. The highest BCUT2D eigenvalue weighted by molar-refractivity contribution is 5.44. The average Bonchev–Trinajstić information content (AvgIpc) is 2.51. The van der Waals surface area contributed by atoms with Gasteiger partial charge in [0.2, 0.25) is 0 Å². The van der Waals surface area contributed by atoms with E-state index in [2.05, 4.69) is 63.5 Å². The highest BCUT2D eigenvalue weighted by Crippen LogP contribution is 2.25. The van der Waals surface area contributed by atoms with E-state index in [9.17, 15) is 0 Å². The lowest BCUT2D eigenvalue weighted by molar-refractivity contribution is 0.301. The normalized spacial score (nSPS) is 20.7. The lowest BCUT2D eigenvalue weighted by atomic mass is 9.87. The van der Waals surface area contributed by atoms with Gasteiger partial charge in [-0.15, -0.1) is 6.42 Å². The first-order valence-electron chi connectivity index (χ1n) is 9.76. The van der Waals surface area contributed by atoms with Gasteiger partial charge in [0.05, 0.1) is 0 Å². The molecule has 2 heteroatoms. The molecule has 26 heavy (non-hydrogen) atoms. The Morgan fingerprint density at radius 1 is 1.08 bits per heavy atom. The van der Waals surface area contributed by atoms with Crippen LogP contribution in [0.3, 0.4) is 0 Å². The fourth-order valence-electron chi connectivity index (χ4n) is 3.40. The molecule has 2 N–H and O–H groups in total. The fourth-order valence-corrected chi connectivity index (χ4v) is 3.40. The third-order valence-electron chi connectivity index (χ3n) is 4.79.